The molecule has 0 amide bonds. The van der Waals surface area contributed by atoms with Gasteiger partial charge >= 0.3 is 17.9 Å². The number of hydrogen-bond acceptors (Lipinski definition) is 6. The van der Waals surface area contributed by atoms with Gasteiger partial charge in [0.15, 0.2) is 4.30 Å². The van der Waals surface area contributed by atoms with E-state index in [0.717, 1.165) is 0 Å². The molecule has 0 fully saturated rings. The van der Waals surface area contributed by atoms with Crippen molar-refractivity contribution in [2.45, 2.75) is 45.8 Å². The molecule has 9 heteroatoms. The SMILES string of the molecule is CCOC(C)=O.CCOC(C)=O.CCOC(C)=O.ClC(Cl)Cl. The number of carbonyl (C=O) groups is 3. The van der Waals surface area contributed by atoms with E-state index in [1.807, 2.05) is 0 Å². The highest BCUT2D eigenvalue weighted by Crippen LogP contribution is 2.03. The number of esters is 3. The molecule has 0 aromatic rings. The van der Waals surface area contributed by atoms with Crippen LogP contribution in [-0.4, -0.2) is 42.0 Å². The molecule has 0 atom stereocenters. The standard InChI is InChI=1S/3C4H8O2.CHCl3/c3*1-3-6-4(2)5;2-1(3)4/h3*3H2,1-2H3;1H. The number of halogens is 3. The molecule has 0 radical (unpaired) electrons. The van der Waals surface area contributed by atoms with Crippen molar-refractivity contribution in [1.82, 2.24) is 0 Å². The smallest absolute Gasteiger partial charge is 0.302 e. The highest BCUT2D eigenvalue weighted by Gasteiger charge is 1.82. The Bertz CT molecular complexity index is 232. The lowest BCUT2D eigenvalue weighted by molar-refractivity contribution is -0.141. The summed E-state index contributed by atoms with van der Waals surface area (Å²) in [7, 11) is 0. The molecule has 0 saturated carbocycles. The van der Waals surface area contributed by atoms with Crippen LogP contribution in [-0.2, 0) is 28.6 Å². The molecular formula is C13H25Cl3O6. The van der Waals surface area contributed by atoms with Crippen LogP contribution in [0.5, 0.6) is 0 Å². The van der Waals surface area contributed by atoms with Crippen LogP contribution in [0.25, 0.3) is 0 Å². The summed E-state index contributed by atoms with van der Waals surface area (Å²) < 4.78 is 12.5. The third-order valence-electron chi connectivity index (χ3n) is 1.04. The fraction of sp³-hybridized carbons (Fsp3) is 0.769. The van der Waals surface area contributed by atoms with Crippen LogP contribution >= 0.6 is 34.8 Å². The van der Waals surface area contributed by atoms with E-state index in [0.29, 0.717) is 19.8 Å². The Labute approximate surface area is 147 Å². The minimum atomic E-state index is -0.750. The predicted molar refractivity (Wildman–Crippen MR) is 88.3 cm³/mol. The zero-order valence-corrected chi connectivity index (χ0v) is 16.0. The van der Waals surface area contributed by atoms with Gasteiger partial charge in [0.1, 0.15) is 0 Å². The first-order valence-corrected chi connectivity index (χ1v) is 7.68. The van der Waals surface area contributed by atoms with Gasteiger partial charge in [-0.1, -0.05) is 34.8 Å². The number of alkyl halides is 3. The molecule has 0 aliphatic carbocycles. The van der Waals surface area contributed by atoms with Gasteiger partial charge in [0, 0.05) is 20.8 Å². The maximum Gasteiger partial charge on any atom is 0.302 e. The first kappa shape index (κ1) is 29.3. The summed E-state index contributed by atoms with van der Waals surface area (Å²) in [6.07, 6.45) is 0. The lowest BCUT2D eigenvalue weighted by atomic mass is 10.8. The predicted octanol–water partition coefficient (Wildman–Crippen LogP) is 3.69. The third-order valence-corrected chi connectivity index (χ3v) is 1.04. The molecule has 0 aliphatic rings. The molecule has 0 aliphatic heterocycles. The van der Waals surface area contributed by atoms with Crippen molar-refractivity contribution < 1.29 is 28.6 Å². The van der Waals surface area contributed by atoms with Crippen molar-refractivity contribution in [1.29, 1.82) is 0 Å². The molecule has 6 nitrogen and oxygen atoms in total. The lowest BCUT2D eigenvalue weighted by Crippen LogP contribution is -1.95. The molecule has 0 heterocycles. The van der Waals surface area contributed by atoms with Crippen LogP contribution < -0.4 is 0 Å². The minimum Gasteiger partial charge on any atom is -0.466 e. The van der Waals surface area contributed by atoms with Crippen LogP contribution in [0.15, 0.2) is 0 Å². The van der Waals surface area contributed by atoms with Crippen molar-refractivity contribution in [3.05, 3.63) is 0 Å². The Morgan fingerprint density at radius 1 is 0.682 bits per heavy atom. The number of hydrogen-bond donors (Lipinski definition) is 0. The van der Waals surface area contributed by atoms with Crippen molar-refractivity contribution in [2.75, 3.05) is 19.8 Å². The Hall–Kier alpha value is -0.720. The van der Waals surface area contributed by atoms with Crippen molar-refractivity contribution in [3.8, 4) is 0 Å². The van der Waals surface area contributed by atoms with E-state index in [4.69, 9.17) is 34.8 Å². The number of ether oxygens (including phenoxy) is 3. The summed E-state index contributed by atoms with van der Waals surface area (Å²) in [5.74, 6) is -0.632. The van der Waals surface area contributed by atoms with Gasteiger partial charge < -0.3 is 14.2 Å². The first-order valence-electron chi connectivity index (χ1n) is 6.37. The van der Waals surface area contributed by atoms with Gasteiger partial charge in [0.2, 0.25) is 0 Å². The molecular weight excluding hydrogens is 358 g/mol. The maximum absolute atomic E-state index is 9.82. The minimum absolute atomic E-state index is 0.211. The van der Waals surface area contributed by atoms with E-state index < -0.39 is 4.30 Å². The summed E-state index contributed by atoms with van der Waals surface area (Å²) in [6.45, 7) is 11.0. The molecule has 0 rings (SSSR count). The molecule has 0 saturated heterocycles. The van der Waals surface area contributed by atoms with Gasteiger partial charge in [-0.25, -0.2) is 0 Å². The average Bonchev–Trinajstić information content (AvgIpc) is 2.28. The normalized spacial score (nSPS) is 7.91. The Balaban J connectivity index is -0.0000000994. The first-order chi connectivity index (χ1) is 10.0. The van der Waals surface area contributed by atoms with Gasteiger partial charge in [0.25, 0.3) is 0 Å². The summed E-state index contributed by atoms with van der Waals surface area (Å²) >= 11 is 14.4. The van der Waals surface area contributed by atoms with Crippen LogP contribution in [0.2, 0.25) is 0 Å². The van der Waals surface area contributed by atoms with Crippen molar-refractivity contribution >= 4 is 52.7 Å². The monoisotopic (exact) mass is 382 g/mol. The zero-order valence-electron chi connectivity index (χ0n) is 13.8. The summed E-state index contributed by atoms with van der Waals surface area (Å²) in [5.41, 5.74) is 0. The second kappa shape index (κ2) is 25.2. The molecule has 0 bridgehead atoms. The van der Waals surface area contributed by atoms with E-state index >= 15 is 0 Å². The second-order valence-electron chi connectivity index (χ2n) is 3.02. The van der Waals surface area contributed by atoms with E-state index in [1.165, 1.54) is 20.8 Å². The van der Waals surface area contributed by atoms with Gasteiger partial charge in [0.05, 0.1) is 19.8 Å². The van der Waals surface area contributed by atoms with E-state index in [1.54, 1.807) is 20.8 Å². The number of rotatable bonds is 3. The molecule has 0 unspecified atom stereocenters. The van der Waals surface area contributed by atoms with Crippen LogP contribution in [0.4, 0.5) is 0 Å². The lowest BCUT2D eigenvalue weighted by Gasteiger charge is -1.89. The molecule has 22 heavy (non-hydrogen) atoms. The van der Waals surface area contributed by atoms with Gasteiger partial charge in [-0.05, 0) is 20.8 Å². The van der Waals surface area contributed by atoms with E-state index in [-0.39, 0.29) is 17.9 Å². The van der Waals surface area contributed by atoms with Gasteiger partial charge in [-0.15, -0.1) is 0 Å². The fourth-order valence-corrected chi connectivity index (χ4v) is 0.610. The van der Waals surface area contributed by atoms with Crippen LogP contribution in [0, 0.1) is 0 Å². The third kappa shape index (κ3) is 94.0. The van der Waals surface area contributed by atoms with E-state index in [2.05, 4.69) is 14.2 Å². The highest BCUT2D eigenvalue weighted by atomic mass is 35.6. The highest BCUT2D eigenvalue weighted by molar-refractivity contribution is 6.63. The Morgan fingerprint density at radius 3 is 0.818 bits per heavy atom. The van der Waals surface area contributed by atoms with Crippen LogP contribution in [0.3, 0.4) is 0 Å². The second-order valence-corrected chi connectivity index (χ2v) is 5.00. The summed E-state index contributed by atoms with van der Waals surface area (Å²) in [4.78, 5) is 29.5. The van der Waals surface area contributed by atoms with Crippen LogP contribution in [0.1, 0.15) is 41.5 Å². The largest absolute Gasteiger partial charge is 0.466 e. The maximum atomic E-state index is 9.82. The Morgan fingerprint density at radius 2 is 0.818 bits per heavy atom. The van der Waals surface area contributed by atoms with Crippen molar-refractivity contribution in [3.63, 3.8) is 0 Å². The average molecular weight is 384 g/mol. The molecule has 0 aromatic heterocycles. The summed E-state index contributed by atoms with van der Waals surface area (Å²) in [5, 5.41) is 0. The zero-order chi connectivity index (χ0) is 18.6. The quantitative estimate of drug-likeness (QED) is 0.420. The number of carbonyl (C=O) groups excluding carboxylic acids is 3. The fourth-order valence-electron chi connectivity index (χ4n) is 0.610. The Kier molecular flexibility index (Phi) is 33.6. The molecule has 0 N–H and O–H groups in total. The van der Waals surface area contributed by atoms with Gasteiger partial charge in [-0.2, -0.15) is 0 Å². The van der Waals surface area contributed by atoms with E-state index in [9.17, 15) is 14.4 Å². The molecule has 0 spiro atoms. The summed E-state index contributed by atoms with van der Waals surface area (Å²) in [6, 6.07) is 0. The molecule has 134 valence electrons. The molecule has 0 aromatic carbocycles. The topological polar surface area (TPSA) is 78.9 Å². The van der Waals surface area contributed by atoms with Gasteiger partial charge in [-0.3, -0.25) is 14.4 Å². The van der Waals surface area contributed by atoms with Crippen molar-refractivity contribution in [2.24, 2.45) is 0 Å².